The molecule has 0 aliphatic carbocycles. The molecular weight excluding hydrogens is 174 g/mol. The van der Waals surface area contributed by atoms with E-state index in [-0.39, 0.29) is 5.91 Å². The summed E-state index contributed by atoms with van der Waals surface area (Å²) in [6.07, 6.45) is 12.1. The second-order valence-electron chi connectivity index (χ2n) is 3.62. The molecule has 0 saturated carbocycles. The van der Waals surface area contributed by atoms with Crippen molar-refractivity contribution in [3.05, 3.63) is 24.3 Å². The zero-order valence-corrected chi connectivity index (χ0v) is 8.91. The summed E-state index contributed by atoms with van der Waals surface area (Å²) < 4.78 is 0. The SMILES string of the molecule is C/C=C/C=C/C(=O)N1CCCCCC1. The van der Waals surface area contributed by atoms with E-state index in [0.717, 1.165) is 25.9 Å². The van der Waals surface area contributed by atoms with Crippen molar-refractivity contribution in [1.29, 1.82) is 0 Å². The number of nitrogens with zero attached hydrogens (tertiary/aromatic N) is 1. The van der Waals surface area contributed by atoms with Gasteiger partial charge in [-0.1, -0.05) is 31.1 Å². The molecule has 78 valence electrons. The molecule has 1 aliphatic rings. The van der Waals surface area contributed by atoms with Crippen LogP contribution in [0.25, 0.3) is 0 Å². The average molecular weight is 193 g/mol. The molecule has 2 nitrogen and oxygen atoms in total. The first kappa shape index (κ1) is 11.0. The number of rotatable bonds is 2. The van der Waals surface area contributed by atoms with Crippen molar-refractivity contribution in [3.63, 3.8) is 0 Å². The Morgan fingerprint density at radius 1 is 1.07 bits per heavy atom. The molecule has 0 aromatic rings. The van der Waals surface area contributed by atoms with E-state index in [4.69, 9.17) is 0 Å². The Morgan fingerprint density at radius 2 is 1.71 bits per heavy atom. The zero-order valence-electron chi connectivity index (χ0n) is 8.91. The van der Waals surface area contributed by atoms with Crippen molar-refractivity contribution < 1.29 is 4.79 Å². The van der Waals surface area contributed by atoms with E-state index in [1.54, 1.807) is 6.08 Å². The van der Waals surface area contributed by atoms with Gasteiger partial charge in [0.2, 0.25) is 5.91 Å². The molecule has 1 fully saturated rings. The Hall–Kier alpha value is -1.05. The summed E-state index contributed by atoms with van der Waals surface area (Å²) in [7, 11) is 0. The van der Waals surface area contributed by atoms with E-state index in [1.807, 2.05) is 30.1 Å². The van der Waals surface area contributed by atoms with Crippen LogP contribution in [0.4, 0.5) is 0 Å². The third kappa shape index (κ3) is 3.77. The lowest BCUT2D eigenvalue weighted by molar-refractivity contribution is -0.125. The van der Waals surface area contributed by atoms with E-state index in [1.165, 1.54) is 12.8 Å². The van der Waals surface area contributed by atoms with Gasteiger partial charge in [-0.05, 0) is 19.8 Å². The van der Waals surface area contributed by atoms with Crippen molar-refractivity contribution in [2.24, 2.45) is 0 Å². The average Bonchev–Trinajstić information content (AvgIpc) is 2.46. The van der Waals surface area contributed by atoms with Gasteiger partial charge in [-0.2, -0.15) is 0 Å². The van der Waals surface area contributed by atoms with E-state index in [9.17, 15) is 4.79 Å². The molecule has 0 bridgehead atoms. The van der Waals surface area contributed by atoms with Gasteiger partial charge in [0.1, 0.15) is 0 Å². The number of allylic oxidation sites excluding steroid dienone is 3. The Kier molecular flexibility index (Phi) is 5.05. The second-order valence-corrected chi connectivity index (χ2v) is 3.62. The summed E-state index contributed by atoms with van der Waals surface area (Å²) >= 11 is 0. The molecule has 0 N–H and O–H groups in total. The van der Waals surface area contributed by atoms with Gasteiger partial charge in [0, 0.05) is 19.2 Å². The molecule has 14 heavy (non-hydrogen) atoms. The largest absolute Gasteiger partial charge is 0.339 e. The van der Waals surface area contributed by atoms with Crippen LogP contribution in [0.3, 0.4) is 0 Å². The van der Waals surface area contributed by atoms with Crippen LogP contribution in [-0.2, 0) is 4.79 Å². The molecule has 0 aromatic heterocycles. The van der Waals surface area contributed by atoms with E-state index in [2.05, 4.69) is 0 Å². The van der Waals surface area contributed by atoms with Gasteiger partial charge in [-0.15, -0.1) is 0 Å². The van der Waals surface area contributed by atoms with Crippen molar-refractivity contribution in [1.82, 2.24) is 4.90 Å². The van der Waals surface area contributed by atoms with Crippen LogP contribution in [0.15, 0.2) is 24.3 Å². The molecule has 1 saturated heterocycles. The van der Waals surface area contributed by atoms with Gasteiger partial charge in [0.25, 0.3) is 0 Å². The molecule has 1 rings (SSSR count). The maximum absolute atomic E-state index is 11.6. The smallest absolute Gasteiger partial charge is 0.246 e. The molecule has 0 atom stereocenters. The number of carbonyl (C=O) groups excluding carboxylic acids is 1. The third-order valence-electron chi connectivity index (χ3n) is 2.46. The monoisotopic (exact) mass is 193 g/mol. The fourth-order valence-electron chi connectivity index (χ4n) is 1.65. The highest BCUT2D eigenvalue weighted by Crippen LogP contribution is 2.09. The Morgan fingerprint density at radius 3 is 2.29 bits per heavy atom. The summed E-state index contributed by atoms with van der Waals surface area (Å²) in [5.41, 5.74) is 0. The first-order valence-corrected chi connectivity index (χ1v) is 5.43. The summed E-state index contributed by atoms with van der Waals surface area (Å²) in [6.45, 7) is 3.80. The molecule has 0 spiro atoms. The van der Waals surface area contributed by atoms with E-state index in [0.29, 0.717) is 0 Å². The second kappa shape index (κ2) is 6.41. The maximum Gasteiger partial charge on any atom is 0.246 e. The lowest BCUT2D eigenvalue weighted by atomic mass is 10.2. The predicted molar refractivity (Wildman–Crippen MR) is 59.0 cm³/mol. The highest BCUT2D eigenvalue weighted by Gasteiger charge is 2.11. The first-order chi connectivity index (χ1) is 6.84. The fourth-order valence-corrected chi connectivity index (χ4v) is 1.65. The minimum atomic E-state index is 0.157. The highest BCUT2D eigenvalue weighted by molar-refractivity contribution is 5.87. The van der Waals surface area contributed by atoms with E-state index < -0.39 is 0 Å². The Labute approximate surface area is 86.3 Å². The number of hydrogen-bond acceptors (Lipinski definition) is 1. The van der Waals surface area contributed by atoms with Crippen LogP contribution >= 0.6 is 0 Å². The Bertz CT molecular complexity index is 222. The standard InChI is InChI=1S/C12H19NO/c1-2-3-6-9-12(14)13-10-7-4-5-8-11-13/h2-3,6,9H,4-5,7-8,10-11H2,1H3/b3-2+,9-6+. The van der Waals surface area contributed by atoms with Gasteiger partial charge in [0.05, 0.1) is 0 Å². The number of carbonyl (C=O) groups is 1. The maximum atomic E-state index is 11.6. The Balaban J connectivity index is 2.41. The molecule has 0 unspecified atom stereocenters. The fraction of sp³-hybridized carbons (Fsp3) is 0.583. The molecule has 0 radical (unpaired) electrons. The van der Waals surface area contributed by atoms with Crippen LogP contribution in [0.5, 0.6) is 0 Å². The molecule has 1 heterocycles. The van der Waals surface area contributed by atoms with Crippen LogP contribution < -0.4 is 0 Å². The summed E-state index contributed by atoms with van der Waals surface area (Å²) in [5, 5.41) is 0. The topological polar surface area (TPSA) is 20.3 Å². The van der Waals surface area contributed by atoms with Crippen molar-refractivity contribution in [3.8, 4) is 0 Å². The molecule has 1 amide bonds. The normalized spacial score (nSPS) is 19.1. The molecular formula is C12H19NO. The minimum absolute atomic E-state index is 0.157. The van der Waals surface area contributed by atoms with Crippen molar-refractivity contribution >= 4 is 5.91 Å². The summed E-state index contributed by atoms with van der Waals surface area (Å²) in [6, 6.07) is 0. The summed E-state index contributed by atoms with van der Waals surface area (Å²) in [5.74, 6) is 0.157. The van der Waals surface area contributed by atoms with Gasteiger partial charge < -0.3 is 4.90 Å². The highest BCUT2D eigenvalue weighted by atomic mass is 16.2. The first-order valence-electron chi connectivity index (χ1n) is 5.43. The van der Waals surface area contributed by atoms with Gasteiger partial charge >= 0.3 is 0 Å². The lowest BCUT2D eigenvalue weighted by Crippen LogP contribution is -2.30. The van der Waals surface area contributed by atoms with Gasteiger partial charge in [-0.3, -0.25) is 4.79 Å². The quantitative estimate of drug-likeness (QED) is 0.487. The van der Waals surface area contributed by atoms with Crippen LogP contribution in [0.2, 0.25) is 0 Å². The van der Waals surface area contributed by atoms with Crippen molar-refractivity contribution in [2.75, 3.05) is 13.1 Å². The predicted octanol–water partition coefficient (Wildman–Crippen LogP) is 2.52. The molecule has 2 heteroatoms. The summed E-state index contributed by atoms with van der Waals surface area (Å²) in [4.78, 5) is 13.6. The van der Waals surface area contributed by atoms with Crippen LogP contribution in [-0.4, -0.2) is 23.9 Å². The van der Waals surface area contributed by atoms with Gasteiger partial charge in [-0.25, -0.2) is 0 Å². The number of likely N-dealkylation sites (tertiary alicyclic amines) is 1. The van der Waals surface area contributed by atoms with Crippen molar-refractivity contribution in [2.45, 2.75) is 32.6 Å². The molecule has 1 aliphatic heterocycles. The van der Waals surface area contributed by atoms with E-state index >= 15 is 0 Å². The lowest BCUT2D eigenvalue weighted by Gasteiger charge is -2.17. The number of hydrogen-bond donors (Lipinski definition) is 0. The zero-order chi connectivity index (χ0) is 10.2. The van der Waals surface area contributed by atoms with Crippen LogP contribution in [0, 0.1) is 0 Å². The van der Waals surface area contributed by atoms with Gasteiger partial charge in [0.15, 0.2) is 0 Å². The minimum Gasteiger partial charge on any atom is -0.339 e. The number of amides is 1. The molecule has 0 aromatic carbocycles. The third-order valence-corrected chi connectivity index (χ3v) is 2.46. The van der Waals surface area contributed by atoms with Crippen LogP contribution in [0.1, 0.15) is 32.6 Å².